The Morgan fingerprint density at radius 1 is 1.35 bits per heavy atom. The first-order valence-corrected chi connectivity index (χ1v) is 7.60. The van der Waals surface area contributed by atoms with Gasteiger partial charge in [-0.25, -0.2) is 14.2 Å². The number of amides is 1. The van der Waals surface area contributed by atoms with Gasteiger partial charge in [-0.1, -0.05) is 12.1 Å². The van der Waals surface area contributed by atoms with Gasteiger partial charge in [0.05, 0.1) is 0 Å². The number of halogens is 1. The summed E-state index contributed by atoms with van der Waals surface area (Å²) in [5.74, 6) is 1.18. The minimum Gasteiger partial charge on any atom is -0.465 e. The third-order valence-electron chi connectivity index (χ3n) is 4.55. The van der Waals surface area contributed by atoms with Crippen molar-refractivity contribution in [3.05, 3.63) is 47.3 Å². The van der Waals surface area contributed by atoms with Gasteiger partial charge in [0.25, 0.3) is 0 Å². The predicted octanol–water partition coefficient (Wildman–Crippen LogP) is 2.51. The predicted molar refractivity (Wildman–Crippen MR) is 81.7 cm³/mol. The lowest BCUT2D eigenvalue weighted by Crippen LogP contribution is -2.46. The number of aryl methyl sites for hydroxylation is 1. The number of carboxylic acid groups (broad SMARTS) is 1. The highest BCUT2D eigenvalue weighted by molar-refractivity contribution is 5.65. The molecular weight excluding hydrogens is 299 g/mol. The molecule has 0 aliphatic carbocycles. The topological polar surface area (TPSA) is 82.1 Å². The van der Waals surface area contributed by atoms with Crippen molar-refractivity contribution in [1.29, 1.82) is 0 Å². The Morgan fingerprint density at radius 2 is 2.00 bits per heavy atom. The number of hydrogen-bond donors (Lipinski definition) is 2. The molecule has 6 nitrogen and oxygen atoms in total. The van der Waals surface area contributed by atoms with E-state index in [0.29, 0.717) is 38.2 Å². The molecule has 3 rings (SSSR count). The largest absolute Gasteiger partial charge is 0.465 e. The van der Waals surface area contributed by atoms with Crippen LogP contribution in [0.1, 0.15) is 30.1 Å². The Bertz CT molecular complexity index is 690. The van der Waals surface area contributed by atoms with Crippen LogP contribution in [-0.4, -0.2) is 44.4 Å². The summed E-state index contributed by atoms with van der Waals surface area (Å²) < 4.78 is 13.1. The summed E-state index contributed by atoms with van der Waals surface area (Å²) in [4.78, 5) is 17.1. The SMILES string of the molecule is Cc1n[nH]c(C2(Cc3ccc(F)cc3)CCN(C(=O)O)CC2)n1. The standard InChI is InChI=1S/C16H19FN4O2/c1-11-18-14(20-19-11)16(6-8-21(9-7-16)15(22)23)10-12-2-4-13(17)5-3-12/h2-5H,6-10H2,1H3,(H,22,23)(H,18,19,20). The molecule has 7 heteroatoms. The molecule has 1 aliphatic heterocycles. The van der Waals surface area contributed by atoms with Crippen LogP contribution in [0, 0.1) is 12.7 Å². The molecule has 0 spiro atoms. The summed E-state index contributed by atoms with van der Waals surface area (Å²) in [7, 11) is 0. The Morgan fingerprint density at radius 3 is 2.52 bits per heavy atom. The number of likely N-dealkylation sites (tertiary alicyclic amines) is 1. The van der Waals surface area contributed by atoms with Gasteiger partial charge in [-0.05, 0) is 43.9 Å². The first-order chi connectivity index (χ1) is 11.0. The number of benzene rings is 1. The molecule has 1 aromatic carbocycles. The fraction of sp³-hybridized carbons (Fsp3) is 0.438. The normalized spacial score (nSPS) is 17.2. The molecule has 2 heterocycles. The van der Waals surface area contributed by atoms with E-state index in [-0.39, 0.29) is 11.2 Å². The van der Waals surface area contributed by atoms with Crippen LogP contribution in [0.15, 0.2) is 24.3 Å². The van der Waals surface area contributed by atoms with E-state index in [1.165, 1.54) is 17.0 Å². The maximum absolute atomic E-state index is 13.1. The molecule has 1 aliphatic rings. The molecule has 2 N–H and O–H groups in total. The first-order valence-electron chi connectivity index (χ1n) is 7.60. The van der Waals surface area contributed by atoms with Gasteiger partial charge in [0.1, 0.15) is 17.5 Å². The molecule has 1 aromatic heterocycles. The van der Waals surface area contributed by atoms with Gasteiger partial charge in [0.15, 0.2) is 0 Å². The van der Waals surface area contributed by atoms with Gasteiger partial charge < -0.3 is 10.0 Å². The molecular formula is C16H19FN4O2. The van der Waals surface area contributed by atoms with E-state index in [1.807, 2.05) is 6.92 Å². The number of piperidine rings is 1. The maximum Gasteiger partial charge on any atom is 0.407 e. The maximum atomic E-state index is 13.1. The van der Waals surface area contributed by atoms with Crippen LogP contribution < -0.4 is 0 Å². The number of aromatic nitrogens is 3. The summed E-state index contributed by atoms with van der Waals surface area (Å²) >= 11 is 0. The molecule has 0 atom stereocenters. The number of hydrogen-bond acceptors (Lipinski definition) is 3. The number of aromatic amines is 1. The van der Waals surface area contributed by atoms with Gasteiger partial charge in [0, 0.05) is 18.5 Å². The van der Waals surface area contributed by atoms with Crippen molar-refractivity contribution in [3.63, 3.8) is 0 Å². The van der Waals surface area contributed by atoms with Crippen LogP contribution in [-0.2, 0) is 11.8 Å². The van der Waals surface area contributed by atoms with Crippen molar-refractivity contribution >= 4 is 6.09 Å². The van der Waals surface area contributed by atoms with Crippen LogP contribution in [0.4, 0.5) is 9.18 Å². The van der Waals surface area contributed by atoms with Gasteiger partial charge in [-0.2, -0.15) is 5.10 Å². The van der Waals surface area contributed by atoms with Crippen LogP contribution in [0.5, 0.6) is 0 Å². The summed E-state index contributed by atoms with van der Waals surface area (Å²) in [6, 6.07) is 6.43. The third-order valence-corrected chi connectivity index (χ3v) is 4.55. The fourth-order valence-electron chi connectivity index (χ4n) is 3.20. The van der Waals surface area contributed by atoms with E-state index in [1.54, 1.807) is 12.1 Å². The van der Waals surface area contributed by atoms with E-state index in [0.717, 1.165) is 11.4 Å². The zero-order valence-electron chi connectivity index (χ0n) is 12.9. The van der Waals surface area contributed by atoms with Crippen LogP contribution in [0.3, 0.4) is 0 Å². The lowest BCUT2D eigenvalue weighted by molar-refractivity contribution is 0.114. The Hall–Kier alpha value is -2.44. The van der Waals surface area contributed by atoms with Gasteiger partial charge >= 0.3 is 6.09 Å². The average molecular weight is 318 g/mol. The number of nitrogens with zero attached hydrogens (tertiary/aromatic N) is 3. The molecule has 2 aromatic rings. The zero-order valence-corrected chi connectivity index (χ0v) is 12.9. The molecule has 0 saturated carbocycles. The molecule has 0 bridgehead atoms. The summed E-state index contributed by atoms with van der Waals surface area (Å²) in [6.45, 7) is 2.73. The number of rotatable bonds is 3. The summed E-state index contributed by atoms with van der Waals surface area (Å²) in [6.07, 6.45) is 1.10. The van der Waals surface area contributed by atoms with Crippen molar-refractivity contribution in [1.82, 2.24) is 20.1 Å². The van der Waals surface area contributed by atoms with E-state index >= 15 is 0 Å². The Kier molecular flexibility index (Phi) is 4.02. The van der Waals surface area contributed by atoms with Crippen molar-refractivity contribution < 1.29 is 14.3 Å². The van der Waals surface area contributed by atoms with E-state index in [9.17, 15) is 9.18 Å². The van der Waals surface area contributed by atoms with Crippen LogP contribution in [0.25, 0.3) is 0 Å². The smallest absolute Gasteiger partial charge is 0.407 e. The summed E-state index contributed by atoms with van der Waals surface area (Å²) in [5, 5.41) is 16.3. The highest BCUT2D eigenvalue weighted by atomic mass is 19.1. The minimum atomic E-state index is -0.894. The molecule has 1 saturated heterocycles. The molecule has 1 amide bonds. The molecule has 0 radical (unpaired) electrons. The van der Waals surface area contributed by atoms with Gasteiger partial charge in [0.2, 0.25) is 0 Å². The Balaban J connectivity index is 1.88. The number of H-pyrrole nitrogens is 1. The second-order valence-corrected chi connectivity index (χ2v) is 6.08. The summed E-state index contributed by atoms with van der Waals surface area (Å²) in [5.41, 5.74) is 0.703. The van der Waals surface area contributed by atoms with Gasteiger partial charge in [-0.3, -0.25) is 5.10 Å². The monoisotopic (exact) mass is 318 g/mol. The molecule has 23 heavy (non-hydrogen) atoms. The second kappa shape index (κ2) is 5.98. The van der Waals surface area contributed by atoms with Crippen LogP contribution in [0.2, 0.25) is 0 Å². The number of carbonyl (C=O) groups is 1. The molecule has 1 fully saturated rings. The van der Waals surface area contributed by atoms with E-state index < -0.39 is 6.09 Å². The zero-order chi connectivity index (χ0) is 16.4. The first kappa shape index (κ1) is 15.5. The van der Waals surface area contributed by atoms with Gasteiger partial charge in [-0.15, -0.1) is 0 Å². The van der Waals surface area contributed by atoms with E-state index in [4.69, 9.17) is 5.11 Å². The van der Waals surface area contributed by atoms with E-state index in [2.05, 4.69) is 15.2 Å². The highest BCUT2D eigenvalue weighted by Gasteiger charge is 2.40. The highest BCUT2D eigenvalue weighted by Crippen LogP contribution is 2.37. The number of nitrogens with one attached hydrogen (secondary N) is 1. The van der Waals surface area contributed by atoms with Crippen molar-refractivity contribution in [2.45, 2.75) is 31.6 Å². The second-order valence-electron chi connectivity index (χ2n) is 6.08. The minimum absolute atomic E-state index is 0.265. The molecule has 0 unspecified atom stereocenters. The lowest BCUT2D eigenvalue weighted by atomic mass is 9.73. The Labute approximate surface area is 133 Å². The average Bonchev–Trinajstić information content (AvgIpc) is 2.97. The third kappa shape index (κ3) is 3.18. The lowest BCUT2D eigenvalue weighted by Gasteiger charge is -2.39. The molecule has 122 valence electrons. The fourth-order valence-corrected chi connectivity index (χ4v) is 3.20. The van der Waals surface area contributed by atoms with Crippen LogP contribution >= 0.6 is 0 Å². The van der Waals surface area contributed by atoms with Crippen molar-refractivity contribution in [3.8, 4) is 0 Å². The van der Waals surface area contributed by atoms with Crippen molar-refractivity contribution in [2.24, 2.45) is 0 Å². The quantitative estimate of drug-likeness (QED) is 0.911. The van der Waals surface area contributed by atoms with Crippen molar-refractivity contribution in [2.75, 3.05) is 13.1 Å².